The second-order valence-corrected chi connectivity index (χ2v) is 5.14. The zero-order valence-electron chi connectivity index (χ0n) is 11.9. The normalized spacial score (nSPS) is 24.6. The van der Waals surface area contributed by atoms with E-state index < -0.39 is 11.2 Å². The summed E-state index contributed by atoms with van der Waals surface area (Å²) in [7, 11) is 1.65. The van der Waals surface area contributed by atoms with Crippen molar-refractivity contribution < 1.29 is 14.4 Å². The smallest absolute Gasteiger partial charge is 0.260 e. The van der Waals surface area contributed by atoms with Crippen molar-refractivity contribution in [3.63, 3.8) is 0 Å². The molecule has 108 valence electrons. The van der Waals surface area contributed by atoms with Gasteiger partial charge in [0, 0.05) is 13.7 Å². The Balaban J connectivity index is 2.27. The lowest BCUT2D eigenvalue weighted by molar-refractivity contribution is -0.0306. The van der Waals surface area contributed by atoms with E-state index in [1.165, 1.54) is 0 Å². The Hall–Kier alpha value is -0.980. The van der Waals surface area contributed by atoms with E-state index in [0.717, 1.165) is 25.8 Å². The van der Waals surface area contributed by atoms with Gasteiger partial charge in [0.15, 0.2) is 5.60 Å². The van der Waals surface area contributed by atoms with E-state index in [-0.39, 0.29) is 5.89 Å². The molecule has 0 spiro atoms. The van der Waals surface area contributed by atoms with Crippen LogP contribution in [0, 0.1) is 0 Å². The average molecular weight is 269 g/mol. The molecule has 1 unspecified atom stereocenters. The molecular weight excluding hydrogens is 246 g/mol. The number of rotatable bonds is 5. The van der Waals surface area contributed by atoms with E-state index in [4.69, 9.17) is 9.26 Å². The van der Waals surface area contributed by atoms with E-state index in [1.807, 2.05) is 13.8 Å². The summed E-state index contributed by atoms with van der Waals surface area (Å²) in [5.41, 5.74) is -1.58. The predicted molar refractivity (Wildman–Crippen MR) is 69.6 cm³/mol. The number of aromatic nitrogens is 2. The lowest BCUT2D eigenvalue weighted by Gasteiger charge is -2.29. The molecule has 6 nitrogen and oxygen atoms in total. The van der Waals surface area contributed by atoms with Gasteiger partial charge >= 0.3 is 0 Å². The number of nitrogens with one attached hydrogen (secondary N) is 1. The van der Waals surface area contributed by atoms with Gasteiger partial charge in [-0.15, -0.1) is 0 Å². The van der Waals surface area contributed by atoms with Gasteiger partial charge in [0.2, 0.25) is 5.82 Å². The first-order valence-electron chi connectivity index (χ1n) is 6.93. The minimum absolute atomic E-state index is 0.290. The molecule has 1 aliphatic heterocycles. The van der Waals surface area contributed by atoms with E-state index in [2.05, 4.69) is 15.5 Å². The number of nitrogens with zero attached hydrogens (tertiary/aromatic N) is 2. The van der Waals surface area contributed by atoms with Crippen LogP contribution in [0.1, 0.15) is 51.2 Å². The minimum atomic E-state index is -1.05. The summed E-state index contributed by atoms with van der Waals surface area (Å²) in [4.78, 5) is 4.40. The van der Waals surface area contributed by atoms with E-state index >= 15 is 0 Å². The fourth-order valence-electron chi connectivity index (χ4n) is 2.62. The van der Waals surface area contributed by atoms with Crippen LogP contribution in [0.4, 0.5) is 0 Å². The molecule has 1 atom stereocenters. The maximum absolute atomic E-state index is 10.5. The molecule has 19 heavy (non-hydrogen) atoms. The van der Waals surface area contributed by atoms with E-state index in [0.29, 0.717) is 18.8 Å². The average Bonchev–Trinajstić information content (AvgIpc) is 2.93. The van der Waals surface area contributed by atoms with Crippen molar-refractivity contribution in [1.82, 2.24) is 15.5 Å². The van der Waals surface area contributed by atoms with Gasteiger partial charge in [0.25, 0.3) is 5.89 Å². The first-order chi connectivity index (χ1) is 9.10. The highest BCUT2D eigenvalue weighted by molar-refractivity contribution is 5.07. The Bertz CT molecular complexity index is 401. The van der Waals surface area contributed by atoms with Crippen LogP contribution in [-0.4, -0.2) is 35.4 Å². The largest absolute Gasteiger partial charge is 0.379 e. The maximum Gasteiger partial charge on any atom is 0.260 e. The van der Waals surface area contributed by atoms with Crippen LogP contribution >= 0.6 is 0 Å². The van der Waals surface area contributed by atoms with Crippen LogP contribution in [-0.2, 0) is 15.9 Å². The molecule has 0 radical (unpaired) electrons. The zero-order chi connectivity index (χ0) is 13.9. The lowest BCUT2D eigenvalue weighted by atomic mass is 9.93. The number of β-amino-alcohol motifs (C(OH)–C–C–N with tert-alkyl or cyclic N) is 1. The fourth-order valence-corrected chi connectivity index (χ4v) is 2.62. The third-order valence-electron chi connectivity index (χ3n) is 4.13. The molecule has 2 rings (SSSR count). The van der Waals surface area contributed by atoms with Crippen molar-refractivity contribution in [2.24, 2.45) is 0 Å². The van der Waals surface area contributed by atoms with Crippen LogP contribution in [0.3, 0.4) is 0 Å². The van der Waals surface area contributed by atoms with Gasteiger partial charge in [0.05, 0.1) is 0 Å². The monoisotopic (exact) mass is 269 g/mol. The molecule has 0 aromatic carbocycles. The van der Waals surface area contributed by atoms with Crippen LogP contribution in [0.25, 0.3) is 0 Å². The summed E-state index contributed by atoms with van der Waals surface area (Å²) in [6.45, 7) is 5.42. The Kier molecular flexibility index (Phi) is 4.23. The van der Waals surface area contributed by atoms with Crippen molar-refractivity contribution >= 4 is 0 Å². The highest BCUT2D eigenvalue weighted by atomic mass is 16.5. The molecule has 1 aromatic rings. The second kappa shape index (κ2) is 5.56. The fraction of sp³-hybridized carbons (Fsp3) is 0.846. The number of hydrogen-bond acceptors (Lipinski definition) is 6. The quantitative estimate of drug-likeness (QED) is 0.838. The number of methoxy groups -OCH3 is 1. The third kappa shape index (κ3) is 2.52. The van der Waals surface area contributed by atoms with Gasteiger partial charge in [0.1, 0.15) is 5.60 Å². The maximum atomic E-state index is 10.5. The highest BCUT2D eigenvalue weighted by Gasteiger charge is 2.40. The molecule has 1 aliphatic rings. The van der Waals surface area contributed by atoms with Crippen LogP contribution in [0.15, 0.2) is 4.52 Å². The van der Waals surface area contributed by atoms with Crippen molar-refractivity contribution in [2.45, 2.75) is 50.7 Å². The summed E-state index contributed by atoms with van der Waals surface area (Å²) >= 11 is 0. The van der Waals surface area contributed by atoms with Crippen molar-refractivity contribution in [3.05, 3.63) is 11.7 Å². The zero-order valence-corrected chi connectivity index (χ0v) is 11.9. The number of piperidine rings is 1. The van der Waals surface area contributed by atoms with E-state index in [1.54, 1.807) is 7.11 Å². The van der Waals surface area contributed by atoms with Crippen molar-refractivity contribution in [2.75, 3.05) is 20.2 Å². The molecule has 1 aromatic heterocycles. The molecule has 0 aliphatic carbocycles. The highest BCUT2D eigenvalue weighted by Crippen LogP contribution is 2.33. The number of ether oxygens (including phenoxy) is 1. The number of aliphatic hydroxyl groups is 1. The van der Waals surface area contributed by atoms with Crippen LogP contribution in [0.2, 0.25) is 0 Å². The predicted octanol–water partition coefficient (Wildman–Crippen LogP) is 1.30. The molecule has 6 heteroatoms. The van der Waals surface area contributed by atoms with Gasteiger partial charge in [-0.25, -0.2) is 0 Å². The molecule has 0 bridgehead atoms. The van der Waals surface area contributed by atoms with Gasteiger partial charge in [-0.1, -0.05) is 19.0 Å². The molecule has 0 saturated carbocycles. The molecule has 0 amide bonds. The Morgan fingerprint density at radius 3 is 2.74 bits per heavy atom. The van der Waals surface area contributed by atoms with Gasteiger partial charge in [-0.2, -0.15) is 4.98 Å². The van der Waals surface area contributed by atoms with Crippen molar-refractivity contribution in [3.8, 4) is 0 Å². The molecular formula is C13H23N3O3. The summed E-state index contributed by atoms with van der Waals surface area (Å²) in [5.74, 6) is 0.812. The lowest BCUT2D eigenvalue weighted by Crippen LogP contribution is -2.43. The van der Waals surface area contributed by atoms with Gasteiger partial charge in [-0.05, 0) is 32.2 Å². The van der Waals surface area contributed by atoms with Gasteiger partial charge in [-0.3, -0.25) is 0 Å². The topological polar surface area (TPSA) is 80.4 Å². The van der Waals surface area contributed by atoms with Gasteiger partial charge < -0.3 is 19.7 Å². The number of hydrogen-bond donors (Lipinski definition) is 2. The molecule has 2 heterocycles. The standard InChI is InChI=1S/C13H23N3O3/c1-4-13(5-2,18-3)10-15-11(19-16-10)12(17)7-6-8-14-9-12/h14,17H,4-9H2,1-3H3. The van der Waals surface area contributed by atoms with E-state index in [9.17, 15) is 5.11 Å². The summed E-state index contributed by atoms with van der Waals surface area (Å²) in [5, 5.41) is 17.7. The molecule has 1 saturated heterocycles. The summed E-state index contributed by atoms with van der Waals surface area (Å²) < 4.78 is 10.9. The SMILES string of the molecule is CCC(CC)(OC)c1noc(C2(O)CCCNC2)n1. The molecule has 1 fully saturated rings. The second-order valence-electron chi connectivity index (χ2n) is 5.14. The third-order valence-corrected chi connectivity index (χ3v) is 4.13. The summed E-state index contributed by atoms with van der Waals surface area (Å²) in [6.07, 6.45) is 3.05. The Morgan fingerprint density at radius 2 is 2.21 bits per heavy atom. The summed E-state index contributed by atoms with van der Waals surface area (Å²) in [6, 6.07) is 0. The van der Waals surface area contributed by atoms with Crippen LogP contribution < -0.4 is 5.32 Å². The first kappa shape index (κ1) is 14.4. The van der Waals surface area contributed by atoms with Crippen molar-refractivity contribution in [1.29, 1.82) is 0 Å². The minimum Gasteiger partial charge on any atom is -0.379 e. The molecule has 2 N–H and O–H groups in total. The Morgan fingerprint density at radius 1 is 1.47 bits per heavy atom. The Labute approximate surface area is 113 Å². The first-order valence-corrected chi connectivity index (χ1v) is 6.93. The van der Waals surface area contributed by atoms with Crippen LogP contribution in [0.5, 0.6) is 0 Å².